The fourth-order valence-corrected chi connectivity index (χ4v) is 3.76. The van der Waals surface area contributed by atoms with E-state index in [-0.39, 0.29) is 22.7 Å². The Morgan fingerprint density at radius 2 is 1.73 bits per heavy atom. The van der Waals surface area contributed by atoms with Crippen molar-refractivity contribution in [3.05, 3.63) is 105 Å². The Labute approximate surface area is 188 Å². The van der Waals surface area contributed by atoms with Crippen molar-refractivity contribution in [2.75, 3.05) is 5.32 Å². The van der Waals surface area contributed by atoms with Crippen molar-refractivity contribution < 1.29 is 9.18 Å². The van der Waals surface area contributed by atoms with Crippen molar-refractivity contribution in [2.24, 2.45) is 0 Å². The maximum atomic E-state index is 13.5. The predicted molar refractivity (Wildman–Crippen MR) is 124 cm³/mol. The van der Waals surface area contributed by atoms with Gasteiger partial charge in [0, 0.05) is 5.69 Å². The Hall–Kier alpha value is -4.33. The number of nitrogens with zero attached hydrogens (tertiary/aromatic N) is 4. The van der Waals surface area contributed by atoms with E-state index >= 15 is 0 Å². The standard InChI is InChI=1S/C25H20FN5O2/c1-15-6-9-17(10-7-15)14-30-21-12-16(2)8-11-20(21)31-23(25(30)33)28-22(29-31)24(32)27-19-5-3-4-18(26)13-19/h3-13H,14H2,1-2H3,(H,27,32). The summed E-state index contributed by atoms with van der Waals surface area (Å²) in [5.74, 6) is -1.28. The lowest BCUT2D eigenvalue weighted by Crippen LogP contribution is -2.24. The SMILES string of the molecule is Cc1ccc(Cn2c(=O)c3nc(C(=O)Nc4cccc(F)c4)nn3c3ccc(C)cc32)cc1. The van der Waals surface area contributed by atoms with Crippen molar-refractivity contribution in [2.45, 2.75) is 20.4 Å². The summed E-state index contributed by atoms with van der Waals surface area (Å²) in [6.07, 6.45) is 0. The molecular formula is C25H20FN5O2. The quantitative estimate of drug-likeness (QED) is 0.455. The second kappa shape index (κ2) is 7.98. The number of halogens is 1. The summed E-state index contributed by atoms with van der Waals surface area (Å²) in [4.78, 5) is 30.4. The average molecular weight is 441 g/mol. The number of aromatic nitrogens is 4. The van der Waals surface area contributed by atoms with Crippen LogP contribution >= 0.6 is 0 Å². The van der Waals surface area contributed by atoms with Crippen molar-refractivity contribution in [3.8, 4) is 0 Å². The number of carbonyl (C=O) groups excluding carboxylic acids is 1. The maximum absolute atomic E-state index is 13.5. The fraction of sp³-hybridized carbons (Fsp3) is 0.120. The molecule has 1 amide bonds. The van der Waals surface area contributed by atoms with Crippen LogP contribution in [0.15, 0.2) is 71.5 Å². The summed E-state index contributed by atoms with van der Waals surface area (Å²) in [6.45, 7) is 4.31. The predicted octanol–water partition coefficient (Wildman–Crippen LogP) is 4.10. The van der Waals surface area contributed by atoms with Gasteiger partial charge < -0.3 is 5.32 Å². The van der Waals surface area contributed by atoms with E-state index in [1.807, 2.05) is 56.3 Å². The minimum atomic E-state index is -0.631. The number of hydrogen-bond donors (Lipinski definition) is 1. The Bertz CT molecular complexity index is 1590. The zero-order valence-electron chi connectivity index (χ0n) is 18.0. The molecule has 2 heterocycles. The molecule has 0 saturated heterocycles. The number of amides is 1. The minimum absolute atomic E-state index is 0.0443. The highest BCUT2D eigenvalue weighted by Crippen LogP contribution is 2.18. The highest BCUT2D eigenvalue weighted by molar-refractivity contribution is 6.02. The van der Waals surface area contributed by atoms with Gasteiger partial charge >= 0.3 is 0 Å². The first-order valence-corrected chi connectivity index (χ1v) is 10.4. The van der Waals surface area contributed by atoms with Gasteiger partial charge in [-0.25, -0.2) is 8.91 Å². The second-order valence-corrected chi connectivity index (χ2v) is 8.00. The van der Waals surface area contributed by atoms with Crippen LogP contribution in [0, 0.1) is 19.7 Å². The number of hydrogen-bond acceptors (Lipinski definition) is 4. The topological polar surface area (TPSA) is 81.3 Å². The Morgan fingerprint density at radius 3 is 2.48 bits per heavy atom. The molecule has 0 fully saturated rings. The highest BCUT2D eigenvalue weighted by atomic mass is 19.1. The first-order chi connectivity index (χ1) is 15.9. The molecule has 33 heavy (non-hydrogen) atoms. The number of fused-ring (bicyclic) bond motifs is 3. The van der Waals surface area contributed by atoms with E-state index in [2.05, 4.69) is 15.4 Å². The van der Waals surface area contributed by atoms with E-state index < -0.39 is 11.7 Å². The summed E-state index contributed by atoms with van der Waals surface area (Å²) in [5, 5.41) is 6.87. The van der Waals surface area contributed by atoms with E-state index in [4.69, 9.17) is 0 Å². The molecule has 8 heteroatoms. The van der Waals surface area contributed by atoms with Gasteiger partial charge in [-0.15, -0.1) is 5.10 Å². The van der Waals surface area contributed by atoms with E-state index in [9.17, 15) is 14.0 Å². The molecule has 0 spiro atoms. The minimum Gasteiger partial charge on any atom is -0.319 e. The fourth-order valence-electron chi connectivity index (χ4n) is 3.76. The van der Waals surface area contributed by atoms with Crippen LogP contribution in [-0.4, -0.2) is 25.1 Å². The van der Waals surface area contributed by atoms with E-state index in [0.717, 1.165) is 16.7 Å². The van der Waals surface area contributed by atoms with E-state index in [1.165, 1.54) is 22.7 Å². The number of nitrogens with one attached hydrogen (secondary N) is 1. The van der Waals surface area contributed by atoms with Crippen molar-refractivity contribution >= 4 is 28.3 Å². The van der Waals surface area contributed by atoms with Crippen LogP contribution in [0.5, 0.6) is 0 Å². The summed E-state index contributed by atoms with van der Waals surface area (Å²) < 4.78 is 16.5. The smallest absolute Gasteiger partial charge is 0.296 e. The second-order valence-electron chi connectivity index (χ2n) is 8.00. The lowest BCUT2D eigenvalue weighted by molar-refractivity contribution is 0.101. The molecule has 2 aromatic heterocycles. The zero-order chi connectivity index (χ0) is 23.1. The van der Waals surface area contributed by atoms with E-state index in [0.29, 0.717) is 17.6 Å². The van der Waals surface area contributed by atoms with Crippen molar-refractivity contribution in [1.82, 2.24) is 19.2 Å². The van der Waals surface area contributed by atoms with Gasteiger partial charge in [0.25, 0.3) is 11.5 Å². The Kier molecular flexibility index (Phi) is 4.97. The van der Waals surface area contributed by atoms with E-state index in [1.54, 1.807) is 10.6 Å². The summed E-state index contributed by atoms with van der Waals surface area (Å²) in [6, 6.07) is 19.2. The molecule has 0 saturated carbocycles. The third kappa shape index (κ3) is 3.87. The first kappa shape index (κ1) is 20.6. The monoisotopic (exact) mass is 441 g/mol. The molecule has 164 valence electrons. The lowest BCUT2D eigenvalue weighted by Gasteiger charge is -2.12. The normalized spacial score (nSPS) is 11.2. The van der Waals surface area contributed by atoms with Gasteiger partial charge in [0.1, 0.15) is 5.82 Å². The van der Waals surface area contributed by atoms with Crippen molar-refractivity contribution in [3.63, 3.8) is 0 Å². The van der Waals surface area contributed by atoms with Crippen LogP contribution in [0.3, 0.4) is 0 Å². The van der Waals surface area contributed by atoms with Crippen LogP contribution in [0.4, 0.5) is 10.1 Å². The molecule has 0 aliphatic heterocycles. The number of benzene rings is 3. The van der Waals surface area contributed by atoms with Gasteiger partial charge in [0.05, 0.1) is 17.6 Å². The van der Waals surface area contributed by atoms with Crippen LogP contribution < -0.4 is 10.9 Å². The number of anilines is 1. The molecule has 7 nitrogen and oxygen atoms in total. The molecule has 0 atom stereocenters. The average Bonchev–Trinajstić information content (AvgIpc) is 3.24. The third-order valence-corrected chi connectivity index (χ3v) is 5.44. The van der Waals surface area contributed by atoms with Crippen molar-refractivity contribution in [1.29, 1.82) is 0 Å². The molecule has 1 N–H and O–H groups in total. The van der Waals surface area contributed by atoms with Gasteiger partial charge in [-0.1, -0.05) is 42.0 Å². The molecule has 0 radical (unpaired) electrons. The largest absolute Gasteiger partial charge is 0.319 e. The van der Waals surface area contributed by atoms with Gasteiger partial charge in [-0.3, -0.25) is 14.2 Å². The number of carbonyl (C=O) groups is 1. The zero-order valence-corrected chi connectivity index (χ0v) is 18.0. The van der Waals surface area contributed by atoms with Gasteiger partial charge in [-0.2, -0.15) is 4.98 Å². The molecule has 0 unspecified atom stereocenters. The molecule has 0 bridgehead atoms. The van der Waals surface area contributed by atoms with Crippen LogP contribution in [0.25, 0.3) is 16.7 Å². The van der Waals surface area contributed by atoms with Gasteiger partial charge in [0.2, 0.25) is 11.5 Å². The summed E-state index contributed by atoms with van der Waals surface area (Å²) in [7, 11) is 0. The maximum Gasteiger partial charge on any atom is 0.296 e. The molecular weight excluding hydrogens is 421 g/mol. The molecule has 3 aromatic carbocycles. The van der Waals surface area contributed by atoms with Crippen LogP contribution in [0.2, 0.25) is 0 Å². The molecule has 0 aliphatic rings. The lowest BCUT2D eigenvalue weighted by atomic mass is 10.1. The molecule has 5 aromatic rings. The summed E-state index contributed by atoms with van der Waals surface area (Å²) in [5.41, 5.74) is 4.40. The molecule has 0 aliphatic carbocycles. The summed E-state index contributed by atoms with van der Waals surface area (Å²) >= 11 is 0. The van der Waals surface area contributed by atoms with Gasteiger partial charge in [0.15, 0.2) is 0 Å². The number of rotatable bonds is 4. The third-order valence-electron chi connectivity index (χ3n) is 5.44. The molecule has 5 rings (SSSR count). The van der Waals surface area contributed by atoms with Crippen LogP contribution in [-0.2, 0) is 6.54 Å². The first-order valence-electron chi connectivity index (χ1n) is 10.4. The Balaban J connectivity index is 1.64. The van der Waals surface area contributed by atoms with Crippen LogP contribution in [0.1, 0.15) is 27.3 Å². The number of aryl methyl sites for hydroxylation is 2. The highest BCUT2D eigenvalue weighted by Gasteiger charge is 2.19. The van der Waals surface area contributed by atoms with Gasteiger partial charge in [-0.05, 0) is 55.3 Å². The Morgan fingerprint density at radius 1 is 0.970 bits per heavy atom.